The summed E-state index contributed by atoms with van der Waals surface area (Å²) in [5.41, 5.74) is 1.04. The number of aliphatic hydroxyl groups is 1. The molecule has 0 spiro atoms. The summed E-state index contributed by atoms with van der Waals surface area (Å²) >= 11 is 0. The van der Waals surface area contributed by atoms with Gasteiger partial charge >= 0.3 is 0 Å². The van der Waals surface area contributed by atoms with E-state index >= 15 is 0 Å². The summed E-state index contributed by atoms with van der Waals surface area (Å²) < 4.78 is 5.33. The SMILES string of the molecule is C=C(C)CN=C(NCCc1ccco1)N1CCC(O)CC1. The fourth-order valence-electron chi connectivity index (χ4n) is 2.31. The third kappa shape index (κ3) is 5.27. The summed E-state index contributed by atoms with van der Waals surface area (Å²) in [6.45, 7) is 8.95. The van der Waals surface area contributed by atoms with Crippen LogP contribution in [-0.2, 0) is 6.42 Å². The van der Waals surface area contributed by atoms with Crippen molar-refractivity contribution in [1.82, 2.24) is 10.2 Å². The normalized spacial score (nSPS) is 17.0. The molecule has 5 nitrogen and oxygen atoms in total. The molecule has 0 saturated carbocycles. The van der Waals surface area contributed by atoms with Crippen molar-refractivity contribution in [2.75, 3.05) is 26.2 Å². The zero-order chi connectivity index (χ0) is 15.1. The van der Waals surface area contributed by atoms with Gasteiger partial charge < -0.3 is 19.7 Å². The number of furan rings is 1. The Kier molecular flexibility index (Phi) is 5.87. The summed E-state index contributed by atoms with van der Waals surface area (Å²) in [4.78, 5) is 6.82. The lowest BCUT2D eigenvalue weighted by molar-refractivity contribution is 0.108. The van der Waals surface area contributed by atoms with E-state index < -0.39 is 0 Å². The Morgan fingerprint density at radius 1 is 1.52 bits per heavy atom. The third-order valence-electron chi connectivity index (χ3n) is 3.50. The van der Waals surface area contributed by atoms with E-state index in [1.165, 1.54) is 0 Å². The topological polar surface area (TPSA) is 61.0 Å². The van der Waals surface area contributed by atoms with Crippen LogP contribution in [0.4, 0.5) is 0 Å². The molecule has 0 atom stereocenters. The second-order valence-corrected chi connectivity index (χ2v) is 5.57. The first-order valence-electron chi connectivity index (χ1n) is 7.53. The van der Waals surface area contributed by atoms with E-state index in [0.717, 1.165) is 56.2 Å². The van der Waals surface area contributed by atoms with Gasteiger partial charge in [0.2, 0.25) is 0 Å². The predicted octanol–water partition coefficient (Wildman–Crippen LogP) is 1.80. The molecule has 1 saturated heterocycles. The van der Waals surface area contributed by atoms with Gasteiger partial charge in [-0.05, 0) is 31.9 Å². The minimum atomic E-state index is -0.174. The van der Waals surface area contributed by atoms with Gasteiger partial charge in [-0.2, -0.15) is 0 Å². The molecule has 0 aromatic carbocycles. The number of rotatable bonds is 5. The van der Waals surface area contributed by atoms with Gasteiger partial charge in [0.1, 0.15) is 5.76 Å². The highest BCUT2D eigenvalue weighted by Gasteiger charge is 2.19. The first-order chi connectivity index (χ1) is 10.1. The van der Waals surface area contributed by atoms with Gasteiger partial charge in [-0.15, -0.1) is 0 Å². The molecule has 21 heavy (non-hydrogen) atoms. The lowest BCUT2D eigenvalue weighted by Crippen LogP contribution is -2.47. The first-order valence-corrected chi connectivity index (χ1v) is 7.53. The number of hydrogen-bond donors (Lipinski definition) is 2. The molecule has 1 aromatic heterocycles. The van der Waals surface area contributed by atoms with Gasteiger partial charge in [-0.25, -0.2) is 4.99 Å². The Labute approximate surface area is 126 Å². The minimum Gasteiger partial charge on any atom is -0.469 e. The Morgan fingerprint density at radius 2 is 2.29 bits per heavy atom. The second kappa shape index (κ2) is 7.88. The minimum absolute atomic E-state index is 0.174. The van der Waals surface area contributed by atoms with Crippen molar-refractivity contribution < 1.29 is 9.52 Å². The van der Waals surface area contributed by atoms with Crippen LogP contribution >= 0.6 is 0 Å². The summed E-state index contributed by atoms with van der Waals surface area (Å²) in [7, 11) is 0. The summed E-state index contributed by atoms with van der Waals surface area (Å²) in [5, 5.41) is 13.0. The molecule has 0 aliphatic carbocycles. The van der Waals surface area contributed by atoms with Crippen molar-refractivity contribution in [3.63, 3.8) is 0 Å². The standard InChI is InChI=1S/C16H25N3O2/c1-13(2)12-18-16(19-9-6-14(20)7-10-19)17-8-5-15-4-3-11-21-15/h3-4,11,14,20H,1,5-10,12H2,2H3,(H,17,18). The number of aliphatic hydroxyl groups excluding tert-OH is 1. The smallest absolute Gasteiger partial charge is 0.194 e. The van der Waals surface area contributed by atoms with E-state index in [0.29, 0.717) is 6.54 Å². The molecule has 2 rings (SSSR count). The number of aliphatic imine (C=N–C) groups is 1. The van der Waals surface area contributed by atoms with Crippen LogP contribution in [0.25, 0.3) is 0 Å². The summed E-state index contributed by atoms with van der Waals surface area (Å²) in [6.07, 6.45) is 3.94. The monoisotopic (exact) mass is 291 g/mol. The van der Waals surface area contributed by atoms with E-state index in [1.54, 1.807) is 6.26 Å². The van der Waals surface area contributed by atoms with Gasteiger partial charge in [0.05, 0.1) is 18.9 Å². The fraction of sp³-hybridized carbons (Fsp3) is 0.562. The van der Waals surface area contributed by atoms with Crippen LogP contribution in [0.2, 0.25) is 0 Å². The van der Waals surface area contributed by atoms with Crippen LogP contribution in [0.3, 0.4) is 0 Å². The third-order valence-corrected chi connectivity index (χ3v) is 3.50. The van der Waals surface area contributed by atoms with Crippen molar-refractivity contribution in [3.05, 3.63) is 36.3 Å². The molecule has 1 fully saturated rings. The van der Waals surface area contributed by atoms with Crippen molar-refractivity contribution in [1.29, 1.82) is 0 Å². The first kappa shape index (κ1) is 15.6. The van der Waals surface area contributed by atoms with Gasteiger partial charge in [0, 0.05) is 26.1 Å². The van der Waals surface area contributed by atoms with E-state index in [4.69, 9.17) is 4.42 Å². The number of nitrogens with zero attached hydrogens (tertiary/aromatic N) is 2. The molecular weight excluding hydrogens is 266 g/mol. The molecule has 2 N–H and O–H groups in total. The molecule has 0 amide bonds. The Morgan fingerprint density at radius 3 is 2.90 bits per heavy atom. The van der Waals surface area contributed by atoms with E-state index in [1.807, 2.05) is 19.1 Å². The van der Waals surface area contributed by atoms with Crippen LogP contribution in [-0.4, -0.2) is 48.2 Å². The summed E-state index contributed by atoms with van der Waals surface area (Å²) in [6, 6.07) is 3.88. The molecule has 1 aliphatic heterocycles. The maximum absolute atomic E-state index is 9.61. The largest absolute Gasteiger partial charge is 0.469 e. The highest BCUT2D eigenvalue weighted by molar-refractivity contribution is 5.80. The maximum atomic E-state index is 9.61. The lowest BCUT2D eigenvalue weighted by Gasteiger charge is -2.32. The molecule has 0 unspecified atom stereocenters. The van der Waals surface area contributed by atoms with Gasteiger partial charge in [0.25, 0.3) is 0 Å². The zero-order valence-electron chi connectivity index (χ0n) is 12.7. The number of nitrogens with one attached hydrogen (secondary N) is 1. The number of guanidine groups is 1. The predicted molar refractivity (Wildman–Crippen MR) is 84.3 cm³/mol. The van der Waals surface area contributed by atoms with Gasteiger partial charge in [-0.1, -0.05) is 12.2 Å². The zero-order valence-corrected chi connectivity index (χ0v) is 12.7. The van der Waals surface area contributed by atoms with Gasteiger partial charge in [0.15, 0.2) is 5.96 Å². The van der Waals surface area contributed by atoms with Crippen LogP contribution in [0.5, 0.6) is 0 Å². The van der Waals surface area contributed by atoms with Crippen LogP contribution in [0.15, 0.2) is 40.0 Å². The molecule has 1 aromatic rings. The van der Waals surface area contributed by atoms with Crippen molar-refractivity contribution in [3.8, 4) is 0 Å². The molecule has 0 bridgehead atoms. The maximum Gasteiger partial charge on any atom is 0.194 e. The van der Waals surface area contributed by atoms with E-state index in [9.17, 15) is 5.11 Å². The van der Waals surface area contributed by atoms with E-state index in [-0.39, 0.29) is 6.10 Å². The van der Waals surface area contributed by atoms with Crippen molar-refractivity contribution in [2.24, 2.45) is 4.99 Å². The highest BCUT2D eigenvalue weighted by Crippen LogP contribution is 2.10. The van der Waals surface area contributed by atoms with Crippen LogP contribution in [0.1, 0.15) is 25.5 Å². The second-order valence-electron chi connectivity index (χ2n) is 5.57. The van der Waals surface area contributed by atoms with Crippen molar-refractivity contribution >= 4 is 5.96 Å². The van der Waals surface area contributed by atoms with Crippen LogP contribution < -0.4 is 5.32 Å². The summed E-state index contributed by atoms with van der Waals surface area (Å²) in [5.74, 6) is 1.87. The molecule has 1 aliphatic rings. The molecule has 116 valence electrons. The van der Waals surface area contributed by atoms with Crippen molar-refractivity contribution in [2.45, 2.75) is 32.3 Å². The Bertz CT molecular complexity index is 460. The number of hydrogen-bond acceptors (Lipinski definition) is 3. The molecule has 0 radical (unpaired) electrons. The highest BCUT2D eigenvalue weighted by atomic mass is 16.3. The quantitative estimate of drug-likeness (QED) is 0.493. The molecular formula is C16H25N3O2. The van der Waals surface area contributed by atoms with E-state index in [2.05, 4.69) is 21.8 Å². The molecule has 2 heterocycles. The Hall–Kier alpha value is -1.75. The van der Waals surface area contributed by atoms with Crippen LogP contribution in [0, 0.1) is 0 Å². The average Bonchev–Trinajstić information content (AvgIpc) is 2.97. The average molecular weight is 291 g/mol. The van der Waals surface area contributed by atoms with Gasteiger partial charge in [-0.3, -0.25) is 0 Å². The molecule has 5 heteroatoms. The number of likely N-dealkylation sites (tertiary alicyclic amines) is 1. The Balaban J connectivity index is 1.88. The fourth-order valence-corrected chi connectivity index (χ4v) is 2.31. The lowest BCUT2D eigenvalue weighted by atomic mass is 10.1. The number of piperidine rings is 1.